The van der Waals surface area contributed by atoms with Gasteiger partial charge in [-0.3, -0.25) is 4.79 Å². The Bertz CT molecular complexity index is 469. The number of hydrogen-bond donors (Lipinski definition) is 0. The molecule has 92 valence electrons. The number of fused-ring (bicyclic) bond motifs is 1. The first-order valence-corrected chi connectivity index (χ1v) is 5.20. The predicted molar refractivity (Wildman–Crippen MR) is 57.9 cm³/mol. The zero-order valence-corrected chi connectivity index (χ0v) is 9.51. The molecule has 0 saturated carbocycles. The zero-order chi connectivity index (χ0) is 12.8. The highest BCUT2D eigenvalue weighted by Crippen LogP contribution is 2.46. The smallest absolute Gasteiger partial charge is 0.314 e. The Balaban J connectivity index is 2.52. The lowest BCUT2D eigenvalue weighted by Crippen LogP contribution is -2.39. The molecule has 1 atom stereocenters. The number of amides is 1. The standard InChI is InChI=1S/C12H12F3NO/c1-11(7-12(13,14)15)8-5-3-4-6-9(8)16(2)10(11)17/h3-6H,7H2,1-2H3. The van der Waals surface area contributed by atoms with Crippen LogP contribution in [0, 0.1) is 0 Å². The number of alkyl halides is 3. The molecule has 17 heavy (non-hydrogen) atoms. The molecule has 2 nitrogen and oxygen atoms in total. The van der Waals surface area contributed by atoms with E-state index >= 15 is 0 Å². The van der Waals surface area contributed by atoms with Crippen molar-refractivity contribution in [2.24, 2.45) is 0 Å². The van der Waals surface area contributed by atoms with Gasteiger partial charge in [0.1, 0.15) is 0 Å². The lowest BCUT2D eigenvalue weighted by molar-refractivity contribution is -0.154. The quantitative estimate of drug-likeness (QED) is 0.742. The van der Waals surface area contributed by atoms with E-state index in [4.69, 9.17) is 0 Å². The van der Waals surface area contributed by atoms with Crippen molar-refractivity contribution < 1.29 is 18.0 Å². The van der Waals surface area contributed by atoms with Crippen molar-refractivity contribution in [3.05, 3.63) is 29.8 Å². The van der Waals surface area contributed by atoms with Crippen molar-refractivity contribution in [2.45, 2.75) is 24.9 Å². The fourth-order valence-corrected chi connectivity index (χ4v) is 2.40. The second-order valence-electron chi connectivity index (χ2n) is 4.51. The molecule has 5 heteroatoms. The first kappa shape index (κ1) is 12.0. The van der Waals surface area contributed by atoms with Crippen LogP contribution in [0.15, 0.2) is 24.3 Å². The summed E-state index contributed by atoms with van der Waals surface area (Å²) in [6.07, 6.45) is -5.48. The van der Waals surface area contributed by atoms with E-state index in [1.54, 1.807) is 24.3 Å². The average molecular weight is 243 g/mol. The number of hydrogen-bond acceptors (Lipinski definition) is 1. The van der Waals surface area contributed by atoms with Gasteiger partial charge in [-0.05, 0) is 18.6 Å². The SMILES string of the molecule is CN1C(=O)C(C)(CC(F)(F)F)c2ccccc21. The number of benzene rings is 1. The Morgan fingerprint density at radius 3 is 2.47 bits per heavy atom. The molecule has 0 radical (unpaired) electrons. The normalized spacial score (nSPS) is 24.1. The molecule has 2 rings (SSSR count). The van der Waals surface area contributed by atoms with Crippen LogP contribution >= 0.6 is 0 Å². The largest absolute Gasteiger partial charge is 0.390 e. The Kier molecular flexibility index (Phi) is 2.45. The summed E-state index contributed by atoms with van der Waals surface area (Å²) in [5, 5.41) is 0. The summed E-state index contributed by atoms with van der Waals surface area (Å²) >= 11 is 0. The van der Waals surface area contributed by atoms with Gasteiger partial charge in [-0.2, -0.15) is 13.2 Å². The molecular weight excluding hydrogens is 231 g/mol. The maximum absolute atomic E-state index is 12.6. The fourth-order valence-electron chi connectivity index (χ4n) is 2.40. The summed E-state index contributed by atoms with van der Waals surface area (Å²) in [5.41, 5.74) is -0.488. The van der Waals surface area contributed by atoms with Gasteiger partial charge in [-0.1, -0.05) is 18.2 Å². The van der Waals surface area contributed by atoms with Crippen LogP contribution in [0.2, 0.25) is 0 Å². The molecule has 1 amide bonds. The van der Waals surface area contributed by atoms with Gasteiger partial charge in [0.2, 0.25) is 5.91 Å². The summed E-state index contributed by atoms with van der Waals surface area (Å²) in [5.74, 6) is -0.504. The zero-order valence-electron chi connectivity index (χ0n) is 9.51. The molecule has 0 N–H and O–H groups in total. The van der Waals surface area contributed by atoms with Crippen molar-refractivity contribution in [1.82, 2.24) is 0 Å². The summed E-state index contributed by atoms with van der Waals surface area (Å²) < 4.78 is 37.7. The van der Waals surface area contributed by atoms with Gasteiger partial charge in [-0.15, -0.1) is 0 Å². The minimum absolute atomic E-state index is 0.449. The first-order chi connectivity index (χ1) is 7.76. The molecule has 0 aromatic heterocycles. The van der Waals surface area contributed by atoms with E-state index in [0.29, 0.717) is 11.3 Å². The van der Waals surface area contributed by atoms with Crippen LogP contribution in [-0.2, 0) is 10.2 Å². The van der Waals surface area contributed by atoms with E-state index in [1.165, 1.54) is 18.9 Å². The molecule has 1 aliphatic rings. The number of para-hydroxylation sites is 1. The number of carbonyl (C=O) groups excluding carboxylic acids is 1. The Morgan fingerprint density at radius 1 is 1.29 bits per heavy atom. The lowest BCUT2D eigenvalue weighted by Gasteiger charge is -2.24. The molecule has 1 unspecified atom stereocenters. The van der Waals surface area contributed by atoms with Crippen LogP contribution < -0.4 is 4.90 Å². The molecule has 1 aromatic carbocycles. The maximum atomic E-state index is 12.6. The van der Waals surface area contributed by atoms with Gasteiger partial charge in [0, 0.05) is 12.7 Å². The molecule has 1 heterocycles. The van der Waals surface area contributed by atoms with Crippen molar-refractivity contribution in [1.29, 1.82) is 0 Å². The van der Waals surface area contributed by atoms with Crippen LogP contribution in [0.1, 0.15) is 18.9 Å². The second kappa shape index (κ2) is 3.48. The van der Waals surface area contributed by atoms with E-state index < -0.39 is 23.9 Å². The molecule has 1 aliphatic heterocycles. The maximum Gasteiger partial charge on any atom is 0.390 e. The van der Waals surface area contributed by atoms with Gasteiger partial charge in [0.15, 0.2) is 0 Å². The average Bonchev–Trinajstić information content (AvgIpc) is 2.40. The lowest BCUT2D eigenvalue weighted by atomic mass is 9.80. The van der Waals surface area contributed by atoms with Crippen LogP contribution in [0.3, 0.4) is 0 Å². The van der Waals surface area contributed by atoms with Gasteiger partial charge in [0.05, 0.1) is 11.8 Å². The summed E-state index contributed by atoms with van der Waals surface area (Å²) in [6.45, 7) is 1.35. The van der Waals surface area contributed by atoms with Crippen molar-refractivity contribution in [3.8, 4) is 0 Å². The number of carbonyl (C=O) groups is 1. The first-order valence-electron chi connectivity index (χ1n) is 5.20. The molecule has 0 spiro atoms. The Labute approximate surface area is 97.0 Å². The predicted octanol–water partition coefficient (Wildman–Crippen LogP) is 2.87. The highest BCUT2D eigenvalue weighted by atomic mass is 19.4. The van der Waals surface area contributed by atoms with E-state index in [9.17, 15) is 18.0 Å². The van der Waals surface area contributed by atoms with Crippen LogP contribution in [0.4, 0.5) is 18.9 Å². The molecule has 0 fully saturated rings. The molecule has 1 aromatic rings. The monoisotopic (exact) mass is 243 g/mol. The van der Waals surface area contributed by atoms with E-state index in [2.05, 4.69) is 0 Å². The summed E-state index contributed by atoms with van der Waals surface area (Å²) in [4.78, 5) is 13.3. The molecule has 0 aliphatic carbocycles. The van der Waals surface area contributed by atoms with Gasteiger partial charge < -0.3 is 4.90 Å². The third-order valence-corrected chi connectivity index (χ3v) is 3.19. The number of halogens is 3. The summed E-state index contributed by atoms with van der Waals surface area (Å²) in [7, 11) is 1.50. The van der Waals surface area contributed by atoms with E-state index in [-0.39, 0.29) is 0 Å². The third-order valence-electron chi connectivity index (χ3n) is 3.19. The van der Waals surface area contributed by atoms with Crippen molar-refractivity contribution >= 4 is 11.6 Å². The van der Waals surface area contributed by atoms with Gasteiger partial charge in [-0.25, -0.2) is 0 Å². The topological polar surface area (TPSA) is 20.3 Å². The number of anilines is 1. The van der Waals surface area contributed by atoms with Crippen LogP contribution in [-0.4, -0.2) is 19.1 Å². The Hall–Kier alpha value is -1.52. The van der Waals surface area contributed by atoms with E-state index in [0.717, 1.165) is 0 Å². The fraction of sp³-hybridized carbons (Fsp3) is 0.417. The summed E-state index contributed by atoms with van der Waals surface area (Å²) in [6, 6.07) is 6.61. The third kappa shape index (κ3) is 1.79. The Morgan fingerprint density at radius 2 is 1.88 bits per heavy atom. The van der Waals surface area contributed by atoms with Gasteiger partial charge in [0.25, 0.3) is 0 Å². The van der Waals surface area contributed by atoms with Crippen molar-refractivity contribution in [2.75, 3.05) is 11.9 Å². The highest BCUT2D eigenvalue weighted by molar-refractivity contribution is 6.07. The van der Waals surface area contributed by atoms with Crippen molar-refractivity contribution in [3.63, 3.8) is 0 Å². The number of rotatable bonds is 1. The molecule has 0 bridgehead atoms. The van der Waals surface area contributed by atoms with Crippen LogP contribution in [0.5, 0.6) is 0 Å². The van der Waals surface area contributed by atoms with Crippen LogP contribution in [0.25, 0.3) is 0 Å². The highest BCUT2D eigenvalue weighted by Gasteiger charge is 2.51. The second-order valence-corrected chi connectivity index (χ2v) is 4.51. The number of nitrogens with zero attached hydrogens (tertiary/aromatic N) is 1. The molecule has 0 saturated heterocycles. The molecular formula is C12H12F3NO. The number of likely N-dealkylation sites (N-methyl/N-ethyl adjacent to an activating group) is 1. The van der Waals surface area contributed by atoms with Gasteiger partial charge >= 0.3 is 6.18 Å². The van der Waals surface area contributed by atoms with E-state index in [1.807, 2.05) is 0 Å². The minimum Gasteiger partial charge on any atom is -0.314 e. The minimum atomic E-state index is -4.36.